The minimum absolute atomic E-state index is 0.0855. The number of benzene rings is 1. The normalized spacial score (nSPS) is 10.2. The Bertz CT molecular complexity index is 556. The van der Waals surface area contributed by atoms with Crippen molar-refractivity contribution < 1.29 is 9.47 Å². The Labute approximate surface area is 114 Å². The van der Waals surface area contributed by atoms with Crippen LogP contribution in [0.1, 0.15) is 0 Å². The summed E-state index contributed by atoms with van der Waals surface area (Å²) in [6.07, 6.45) is 0. The number of rotatable bonds is 3. The van der Waals surface area contributed by atoms with Crippen molar-refractivity contribution in [1.82, 2.24) is 9.97 Å². The third kappa shape index (κ3) is 2.66. The highest BCUT2D eigenvalue weighted by Gasteiger charge is 2.11. The molecule has 6 heteroatoms. The van der Waals surface area contributed by atoms with Crippen LogP contribution in [0.3, 0.4) is 0 Å². The Morgan fingerprint density at radius 1 is 1.00 bits per heavy atom. The van der Waals surface area contributed by atoms with Crippen molar-refractivity contribution in [3.8, 4) is 22.8 Å². The number of nitrogens with zero attached hydrogens (tertiary/aromatic N) is 2. The largest absolute Gasteiger partial charge is 0.497 e. The molecule has 1 heterocycles. The third-order valence-electron chi connectivity index (χ3n) is 2.35. The second kappa shape index (κ2) is 5.42. The van der Waals surface area contributed by atoms with Crippen LogP contribution in [0.15, 0.2) is 24.3 Å². The fraction of sp³-hybridized carbons (Fsp3) is 0.167. The molecule has 0 aliphatic heterocycles. The van der Waals surface area contributed by atoms with Gasteiger partial charge in [-0.3, -0.25) is 0 Å². The highest BCUT2D eigenvalue weighted by Crippen LogP contribution is 2.33. The number of hydrogen-bond donors (Lipinski definition) is 0. The molecule has 0 radical (unpaired) electrons. The van der Waals surface area contributed by atoms with Crippen molar-refractivity contribution in [2.24, 2.45) is 0 Å². The van der Waals surface area contributed by atoms with Crippen LogP contribution in [0, 0.1) is 0 Å². The maximum Gasteiger partial charge on any atom is 0.224 e. The molecule has 18 heavy (non-hydrogen) atoms. The van der Waals surface area contributed by atoms with Crippen LogP contribution in [-0.4, -0.2) is 24.2 Å². The zero-order chi connectivity index (χ0) is 13.1. The van der Waals surface area contributed by atoms with Crippen molar-refractivity contribution in [2.45, 2.75) is 0 Å². The molecule has 0 spiro atoms. The molecule has 0 amide bonds. The van der Waals surface area contributed by atoms with Gasteiger partial charge in [0.2, 0.25) is 5.28 Å². The number of halogens is 2. The molecule has 4 nitrogen and oxygen atoms in total. The molecule has 0 saturated carbocycles. The van der Waals surface area contributed by atoms with Gasteiger partial charge in [0.05, 0.1) is 19.9 Å². The summed E-state index contributed by atoms with van der Waals surface area (Å²) >= 11 is 11.7. The quantitative estimate of drug-likeness (QED) is 0.640. The molecular weight excluding hydrogens is 275 g/mol. The van der Waals surface area contributed by atoms with E-state index in [2.05, 4.69) is 9.97 Å². The molecule has 94 valence electrons. The summed E-state index contributed by atoms with van der Waals surface area (Å²) < 4.78 is 10.4. The zero-order valence-electron chi connectivity index (χ0n) is 9.78. The predicted octanol–water partition coefficient (Wildman–Crippen LogP) is 3.47. The summed E-state index contributed by atoms with van der Waals surface area (Å²) in [5.74, 6) is 1.35. The predicted molar refractivity (Wildman–Crippen MR) is 70.6 cm³/mol. The smallest absolute Gasteiger partial charge is 0.224 e. The second-order valence-corrected chi connectivity index (χ2v) is 4.14. The summed E-state index contributed by atoms with van der Waals surface area (Å²) in [6, 6.07) is 7.00. The lowest BCUT2D eigenvalue weighted by atomic mass is 10.1. The highest BCUT2D eigenvalue weighted by atomic mass is 35.5. The molecule has 1 aromatic heterocycles. The van der Waals surface area contributed by atoms with Gasteiger partial charge >= 0.3 is 0 Å². The van der Waals surface area contributed by atoms with E-state index in [-0.39, 0.29) is 10.4 Å². The van der Waals surface area contributed by atoms with E-state index >= 15 is 0 Å². The second-order valence-electron chi connectivity index (χ2n) is 3.41. The van der Waals surface area contributed by atoms with E-state index in [0.29, 0.717) is 17.2 Å². The van der Waals surface area contributed by atoms with Gasteiger partial charge in [0.15, 0.2) is 0 Å². The van der Waals surface area contributed by atoms with Gasteiger partial charge in [0.1, 0.15) is 16.7 Å². The first-order chi connectivity index (χ1) is 8.63. The summed E-state index contributed by atoms with van der Waals surface area (Å²) in [4.78, 5) is 7.93. The number of aromatic nitrogens is 2. The van der Waals surface area contributed by atoms with E-state index in [9.17, 15) is 0 Å². The molecule has 0 aliphatic rings. The SMILES string of the molecule is COc1ccc(OC)c(-c2cc(Cl)nc(Cl)n2)c1. The van der Waals surface area contributed by atoms with Crippen molar-refractivity contribution in [2.75, 3.05) is 14.2 Å². The number of hydrogen-bond acceptors (Lipinski definition) is 4. The van der Waals surface area contributed by atoms with Gasteiger partial charge in [-0.25, -0.2) is 9.97 Å². The Morgan fingerprint density at radius 3 is 2.39 bits per heavy atom. The van der Waals surface area contributed by atoms with E-state index < -0.39 is 0 Å². The van der Waals surface area contributed by atoms with E-state index in [4.69, 9.17) is 32.7 Å². The van der Waals surface area contributed by atoms with Crippen LogP contribution in [-0.2, 0) is 0 Å². The van der Waals surface area contributed by atoms with Crippen LogP contribution >= 0.6 is 23.2 Å². The first-order valence-electron chi connectivity index (χ1n) is 5.06. The molecule has 0 aliphatic carbocycles. The van der Waals surface area contributed by atoms with Crippen LogP contribution in [0.2, 0.25) is 10.4 Å². The van der Waals surface area contributed by atoms with E-state index in [0.717, 1.165) is 5.56 Å². The molecule has 2 aromatic rings. The summed E-state index contributed by atoms with van der Waals surface area (Å²) in [5.41, 5.74) is 1.32. The lowest BCUT2D eigenvalue weighted by molar-refractivity contribution is 0.404. The molecule has 0 saturated heterocycles. The first-order valence-corrected chi connectivity index (χ1v) is 5.82. The van der Waals surface area contributed by atoms with Gasteiger partial charge in [-0.2, -0.15) is 0 Å². The molecule has 0 fully saturated rings. The molecule has 0 atom stereocenters. The maximum absolute atomic E-state index is 5.86. The van der Waals surface area contributed by atoms with E-state index in [1.54, 1.807) is 38.5 Å². The van der Waals surface area contributed by atoms with Gasteiger partial charge in [0.25, 0.3) is 0 Å². The third-order valence-corrected chi connectivity index (χ3v) is 2.71. The molecule has 1 aromatic carbocycles. The standard InChI is InChI=1S/C12H10Cl2N2O2/c1-17-7-3-4-10(18-2)8(5-7)9-6-11(13)16-12(14)15-9/h3-6H,1-2H3. The Balaban J connectivity index is 2.60. The number of ether oxygens (including phenoxy) is 2. The molecule has 0 unspecified atom stereocenters. The Hall–Kier alpha value is -1.52. The Morgan fingerprint density at radius 2 is 1.78 bits per heavy atom. The van der Waals surface area contributed by atoms with Gasteiger partial charge in [-0.15, -0.1) is 0 Å². The lowest BCUT2D eigenvalue weighted by Gasteiger charge is -2.10. The summed E-state index contributed by atoms with van der Waals surface area (Å²) in [7, 11) is 3.17. The number of methoxy groups -OCH3 is 2. The van der Waals surface area contributed by atoms with E-state index in [1.165, 1.54) is 0 Å². The Kier molecular flexibility index (Phi) is 3.89. The summed E-state index contributed by atoms with van der Waals surface area (Å²) in [5, 5.41) is 0.359. The average molecular weight is 285 g/mol. The molecular formula is C12H10Cl2N2O2. The minimum atomic E-state index is 0.0855. The lowest BCUT2D eigenvalue weighted by Crippen LogP contribution is -1.93. The van der Waals surface area contributed by atoms with Gasteiger partial charge < -0.3 is 9.47 Å². The van der Waals surface area contributed by atoms with Crippen LogP contribution in [0.5, 0.6) is 11.5 Å². The fourth-order valence-corrected chi connectivity index (χ4v) is 1.95. The van der Waals surface area contributed by atoms with Crippen molar-refractivity contribution >= 4 is 23.2 Å². The zero-order valence-corrected chi connectivity index (χ0v) is 11.3. The van der Waals surface area contributed by atoms with E-state index in [1.807, 2.05) is 0 Å². The van der Waals surface area contributed by atoms with Crippen LogP contribution < -0.4 is 9.47 Å². The average Bonchev–Trinajstić information content (AvgIpc) is 2.36. The highest BCUT2D eigenvalue weighted by molar-refractivity contribution is 6.32. The molecule has 0 bridgehead atoms. The van der Waals surface area contributed by atoms with Crippen molar-refractivity contribution in [3.63, 3.8) is 0 Å². The van der Waals surface area contributed by atoms with Crippen molar-refractivity contribution in [3.05, 3.63) is 34.7 Å². The van der Waals surface area contributed by atoms with Crippen LogP contribution in [0.25, 0.3) is 11.3 Å². The van der Waals surface area contributed by atoms with Gasteiger partial charge in [0, 0.05) is 11.6 Å². The molecule has 0 N–H and O–H groups in total. The topological polar surface area (TPSA) is 44.2 Å². The minimum Gasteiger partial charge on any atom is -0.497 e. The first kappa shape index (κ1) is 12.9. The molecule has 2 rings (SSSR count). The summed E-state index contributed by atoms with van der Waals surface area (Å²) in [6.45, 7) is 0. The van der Waals surface area contributed by atoms with Crippen LogP contribution in [0.4, 0.5) is 0 Å². The van der Waals surface area contributed by atoms with Gasteiger partial charge in [-0.1, -0.05) is 11.6 Å². The van der Waals surface area contributed by atoms with Gasteiger partial charge in [-0.05, 0) is 29.8 Å². The van der Waals surface area contributed by atoms with Crippen molar-refractivity contribution in [1.29, 1.82) is 0 Å². The monoisotopic (exact) mass is 284 g/mol. The fourth-order valence-electron chi connectivity index (χ4n) is 1.54. The maximum atomic E-state index is 5.86.